The van der Waals surface area contributed by atoms with Crippen LogP contribution in [0, 0.1) is 6.92 Å². The van der Waals surface area contributed by atoms with E-state index in [1.165, 1.54) is 11.3 Å². The molecule has 2 nitrogen and oxygen atoms in total. The fraction of sp³-hybridized carbons (Fsp3) is 0.333. The molecule has 1 heterocycles. The number of nitrogens with one attached hydrogen (secondary N) is 1. The van der Waals surface area contributed by atoms with Crippen molar-refractivity contribution in [1.29, 1.82) is 0 Å². The first-order valence-electron chi connectivity index (χ1n) is 7.51. The van der Waals surface area contributed by atoms with Gasteiger partial charge in [0.1, 0.15) is 0 Å². The summed E-state index contributed by atoms with van der Waals surface area (Å²) in [5.74, 6) is 0. The Balaban J connectivity index is 1.69. The normalized spacial score (nSPS) is 18.8. The number of benzene rings is 2. The van der Waals surface area contributed by atoms with E-state index in [1.807, 2.05) is 6.92 Å². The summed E-state index contributed by atoms with van der Waals surface area (Å²) in [6, 6.07) is 17.5. The van der Waals surface area contributed by atoms with E-state index in [2.05, 4.69) is 58.7 Å². The molecule has 3 heteroatoms. The number of piperazine rings is 1. The number of rotatable bonds is 3. The Morgan fingerprint density at radius 3 is 2.76 bits per heavy atom. The molecule has 0 aromatic heterocycles. The predicted molar refractivity (Wildman–Crippen MR) is 90.3 cm³/mol. The van der Waals surface area contributed by atoms with Gasteiger partial charge in [-0.05, 0) is 36.6 Å². The maximum atomic E-state index is 6.26. The van der Waals surface area contributed by atoms with E-state index in [4.69, 9.17) is 11.6 Å². The zero-order valence-corrected chi connectivity index (χ0v) is 13.1. The lowest BCUT2D eigenvalue weighted by molar-refractivity contribution is 0.455. The largest absolute Gasteiger partial charge is 0.369 e. The fourth-order valence-corrected chi connectivity index (χ4v) is 3.05. The highest BCUT2D eigenvalue weighted by atomic mass is 35.5. The quantitative estimate of drug-likeness (QED) is 0.930. The zero-order chi connectivity index (χ0) is 14.7. The van der Waals surface area contributed by atoms with Crippen molar-refractivity contribution in [2.45, 2.75) is 19.4 Å². The van der Waals surface area contributed by atoms with Crippen LogP contribution in [0.2, 0.25) is 5.02 Å². The van der Waals surface area contributed by atoms with Gasteiger partial charge in [0.25, 0.3) is 0 Å². The molecule has 0 amide bonds. The Hall–Kier alpha value is -1.51. The third kappa shape index (κ3) is 3.58. The molecule has 1 atom stereocenters. The van der Waals surface area contributed by atoms with Crippen molar-refractivity contribution in [2.75, 3.05) is 24.5 Å². The Morgan fingerprint density at radius 2 is 2.00 bits per heavy atom. The van der Waals surface area contributed by atoms with Crippen molar-refractivity contribution in [2.24, 2.45) is 0 Å². The minimum Gasteiger partial charge on any atom is -0.369 e. The monoisotopic (exact) mass is 300 g/mol. The number of hydrogen-bond donors (Lipinski definition) is 1. The van der Waals surface area contributed by atoms with Crippen molar-refractivity contribution < 1.29 is 0 Å². The van der Waals surface area contributed by atoms with Gasteiger partial charge in [0.15, 0.2) is 0 Å². The molecule has 3 rings (SSSR count). The molecule has 110 valence electrons. The lowest BCUT2D eigenvalue weighted by atomic mass is 10.0. The molecular weight excluding hydrogens is 280 g/mol. The summed E-state index contributed by atoms with van der Waals surface area (Å²) in [4.78, 5) is 2.43. The van der Waals surface area contributed by atoms with Gasteiger partial charge in [-0.15, -0.1) is 0 Å². The molecular formula is C18H21ClN2. The van der Waals surface area contributed by atoms with Gasteiger partial charge < -0.3 is 10.2 Å². The topological polar surface area (TPSA) is 15.3 Å². The van der Waals surface area contributed by atoms with E-state index in [9.17, 15) is 0 Å². The van der Waals surface area contributed by atoms with E-state index < -0.39 is 0 Å². The first-order chi connectivity index (χ1) is 10.2. The molecule has 2 aromatic rings. The number of aryl methyl sites for hydroxylation is 1. The summed E-state index contributed by atoms with van der Waals surface area (Å²) in [5, 5.41) is 4.47. The maximum Gasteiger partial charge on any atom is 0.0455 e. The van der Waals surface area contributed by atoms with Crippen molar-refractivity contribution in [3.63, 3.8) is 0 Å². The van der Waals surface area contributed by atoms with Gasteiger partial charge in [-0.3, -0.25) is 0 Å². The standard InChI is InChI=1S/C18H21ClN2/c1-14-7-8-17(12-18(14)19)21-10-9-20-16(13-21)11-15-5-3-2-4-6-15/h2-8,12,16,20H,9-11,13H2,1H3. The Labute approximate surface area is 131 Å². The maximum absolute atomic E-state index is 6.26. The summed E-state index contributed by atoms with van der Waals surface area (Å²) >= 11 is 6.26. The second-order valence-electron chi connectivity index (χ2n) is 5.72. The highest BCUT2D eigenvalue weighted by Crippen LogP contribution is 2.24. The molecule has 0 radical (unpaired) electrons. The van der Waals surface area contributed by atoms with E-state index in [1.54, 1.807) is 0 Å². The second-order valence-corrected chi connectivity index (χ2v) is 6.13. The smallest absolute Gasteiger partial charge is 0.0455 e. The molecule has 2 aromatic carbocycles. The van der Waals surface area contributed by atoms with Gasteiger partial charge in [-0.25, -0.2) is 0 Å². The molecule has 0 bridgehead atoms. The molecule has 1 saturated heterocycles. The minimum absolute atomic E-state index is 0.487. The Kier molecular flexibility index (Phi) is 4.47. The Morgan fingerprint density at radius 1 is 1.19 bits per heavy atom. The van der Waals surface area contributed by atoms with Crippen LogP contribution >= 0.6 is 11.6 Å². The summed E-state index contributed by atoms with van der Waals surface area (Å²) < 4.78 is 0. The van der Waals surface area contributed by atoms with Gasteiger partial charge in [-0.2, -0.15) is 0 Å². The van der Waals surface area contributed by atoms with Crippen molar-refractivity contribution in [1.82, 2.24) is 5.32 Å². The Bertz CT molecular complexity index is 597. The van der Waals surface area contributed by atoms with Gasteiger partial charge >= 0.3 is 0 Å². The minimum atomic E-state index is 0.487. The third-order valence-electron chi connectivity index (χ3n) is 4.10. The highest BCUT2D eigenvalue weighted by Gasteiger charge is 2.20. The summed E-state index contributed by atoms with van der Waals surface area (Å²) in [7, 11) is 0. The van der Waals surface area contributed by atoms with Crippen LogP contribution in [0.25, 0.3) is 0 Å². The van der Waals surface area contributed by atoms with Crippen LogP contribution in [-0.2, 0) is 6.42 Å². The average molecular weight is 301 g/mol. The zero-order valence-electron chi connectivity index (χ0n) is 12.3. The van der Waals surface area contributed by atoms with E-state index >= 15 is 0 Å². The molecule has 1 N–H and O–H groups in total. The third-order valence-corrected chi connectivity index (χ3v) is 4.51. The molecule has 0 saturated carbocycles. The average Bonchev–Trinajstić information content (AvgIpc) is 2.51. The number of anilines is 1. The van der Waals surface area contributed by atoms with Gasteiger partial charge in [0.2, 0.25) is 0 Å². The number of halogens is 1. The first-order valence-corrected chi connectivity index (χ1v) is 7.88. The van der Waals surface area contributed by atoms with Crippen LogP contribution < -0.4 is 10.2 Å². The highest BCUT2D eigenvalue weighted by molar-refractivity contribution is 6.31. The van der Waals surface area contributed by atoms with Gasteiger partial charge in [0.05, 0.1) is 0 Å². The summed E-state index contributed by atoms with van der Waals surface area (Å²) in [6.45, 7) is 5.12. The molecule has 21 heavy (non-hydrogen) atoms. The summed E-state index contributed by atoms with van der Waals surface area (Å²) in [6.07, 6.45) is 1.07. The van der Waals surface area contributed by atoms with Crippen molar-refractivity contribution in [3.8, 4) is 0 Å². The van der Waals surface area contributed by atoms with Crippen molar-refractivity contribution >= 4 is 17.3 Å². The van der Waals surface area contributed by atoms with E-state index in [-0.39, 0.29) is 0 Å². The number of hydrogen-bond acceptors (Lipinski definition) is 2. The summed E-state index contributed by atoms with van der Waals surface area (Å²) in [5.41, 5.74) is 3.75. The van der Waals surface area contributed by atoms with Gasteiger partial charge in [0, 0.05) is 36.4 Å². The first kappa shape index (κ1) is 14.4. The van der Waals surface area contributed by atoms with Crippen molar-refractivity contribution in [3.05, 3.63) is 64.7 Å². The van der Waals surface area contributed by atoms with Crippen LogP contribution in [0.5, 0.6) is 0 Å². The van der Waals surface area contributed by atoms with Crippen LogP contribution in [0.15, 0.2) is 48.5 Å². The van der Waals surface area contributed by atoms with Crippen LogP contribution in [-0.4, -0.2) is 25.7 Å². The molecule has 0 aliphatic carbocycles. The fourth-order valence-electron chi connectivity index (χ4n) is 2.87. The van der Waals surface area contributed by atoms with Crippen LogP contribution in [0.4, 0.5) is 5.69 Å². The van der Waals surface area contributed by atoms with E-state index in [0.717, 1.165) is 36.6 Å². The lowest BCUT2D eigenvalue weighted by Gasteiger charge is -2.35. The van der Waals surface area contributed by atoms with Crippen LogP contribution in [0.1, 0.15) is 11.1 Å². The van der Waals surface area contributed by atoms with E-state index in [0.29, 0.717) is 6.04 Å². The van der Waals surface area contributed by atoms with Gasteiger partial charge in [-0.1, -0.05) is 48.0 Å². The SMILES string of the molecule is Cc1ccc(N2CCNC(Cc3ccccc3)C2)cc1Cl. The lowest BCUT2D eigenvalue weighted by Crippen LogP contribution is -2.51. The second kappa shape index (κ2) is 6.50. The number of nitrogens with zero attached hydrogens (tertiary/aromatic N) is 1. The molecule has 1 aliphatic heterocycles. The molecule has 1 unspecified atom stereocenters. The van der Waals surface area contributed by atoms with Crippen LogP contribution in [0.3, 0.4) is 0 Å². The molecule has 1 aliphatic rings. The molecule has 1 fully saturated rings. The predicted octanol–water partition coefficient (Wildman–Crippen LogP) is 3.67. The molecule has 0 spiro atoms.